The minimum atomic E-state index is 0.0717. The highest BCUT2D eigenvalue weighted by molar-refractivity contribution is 5.82. The van der Waals surface area contributed by atoms with Gasteiger partial charge in [-0.1, -0.05) is 27.7 Å². The number of guanidine groups is 1. The van der Waals surface area contributed by atoms with Gasteiger partial charge in [-0.3, -0.25) is 9.79 Å². The summed E-state index contributed by atoms with van der Waals surface area (Å²) in [6.45, 7) is 15.6. The molecule has 26 heavy (non-hydrogen) atoms. The minimum Gasteiger partial charge on any atom is -0.377 e. The third-order valence-corrected chi connectivity index (χ3v) is 6.31. The number of nitrogens with one attached hydrogen (secondary N) is 1. The van der Waals surface area contributed by atoms with Crippen molar-refractivity contribution in [2.75, 3.05) is 39.3 Å². The first-order chi connectivity index (χ1) is 12.4. The van der Waals surface area contributed by atoms with Crippen LogP contribution in [-0.2, 0) is 9.53 Å². The van der Waals surface area contributed by atoms with E-state index >= 15 is 0 Å². The summed E-state index contributed by atoms with van der Waals surface area (Å²) in [5.41, 5.74) is 0.134. The number of fused-ring (bicyclic) bond motifs is 1. The van der Waals surface area contributed by atoms with Gasteiger partial charge in [0.25, 0.3) is 0 Å². The molecule has 3 fully saturated rings. The van der Waals surface area contributed by atoms with E-state index in [0.29, 0.717) is 18.1 Å². The fourth-order valence-corrected chi connectivity index (χ4v) is 4.85. The van der Waals surface area contributed by atoms with Crippen LogP contribution in [0.4, 0.5) is 0 Å². The molecule has 1 N–H and O–H groups in total. The van der Waals surface area contributed by atoms with Crippen molar-refractivity contribution in [2.45, 2.75) is 59.6 Å². The first-order valence-electron chi connectivity index (χ1n) is 10.3. The molecule has 2 aliphatic heterocycles. The fourth-order valence-electron chi connectivity index (χ4n) is 4.85. The molecule has 0 aromatic carbocycles. The number of carbonyl (C=O) groups excluding carboxylic acids is 1. The Morgan fingerprint density at radius 3 is 2.50 bits per heavy atom. The molecular formula is C20H36N4O2. The van der Waals surface area contributed by atoms with Crippen molar-refractivity contribution < 1.29 is 9.53 Å². The molecule has 3 unspecified atom stereocenters. The molecule has 148 valence electrons. The number of piperazine rings is 1. The van der Waals surface area contributed by atoms with Gasteiger partial charge in [0, 0.05) is 62.6 Å². The molecular weight excluding hydrogens is 328 g/mol. The molecule has 6 heteroatoms. The molecule has 3 rings (SSSR count). The average Bonchev–Trinajstić information content (AvgIpc) is 2.64. The molecule has 1 aliphatic carbocycles. The summed E-state index contributed by atoms with van der Waals surface area (Å²) in [5.74, 6) is 1.92. The molecule has 2 heterocycles. The maximum Gasteiger partial charge on any atom is 0.225 e. The Kier molecular flexibility index (Phi) is 5.80. The summed E-state index contributed by atoms with van der Waals surface area (Å²) >= 11 is 0. The highest BCUT2D eigenvalue weighted by Gasteiger charge is 2.58. The second kappa shape index (κ2) is 7.75. The fraction of sp³-hybridized carbons (Fsp3) is 0.900. The van der Waals surface area contributed by atoms with E-state index in [0.717, 1.165) is 51.7 Å². The average molecular weight is 365 g/mol. The van der Waals surface area contributed by atoms with Gasteiger partial charge in [0.15, 0.2) is 5.96 Å². The van der Waals surface area contributed by atoms with Gasteiger partial charge in [-0.05, 0) is 19.8 Å². The van der Waals surface area contributed by atoms with Crippen LogP contribution in [0.1, 0.15) is 47.5 Å². The van der Waals surface area contributed by atoms with Crippen LogP contribution >= 0.6 is 0 Å². The molecule has 0 bridgehead atoms. The second-order valence-electron chi connectivity index (χ2n) is 8.81. The Labute approximate surface area is 158 Å². The molecule has 0 aromatic heterocycles. The molecule has 0 aromatic rings. The maximum absolute atomic E-state index is 12.2. The Bertz CT molecular complexity index is 538. The van der Waals surface area contributed by atoms with Gasteiger partial charge in [-0.25, -0.2) is 0 Å². The smallest absolute Gasteiger partial charge is 0.225 e. The van der Waals surface area contributed by atoms with E-state index in [9.17, 15) is 4.79 Å². The zero-order valence-corrected chi connectivity index (χ0v) is 17.1. The maximum atomic E-state index is 12.2. The summed E-state index contributed by atoms with van der Waals surface area (Å²) in [6, 6.07) is 0.411. The lowest BCUT2D eigenvalue weighted by Gasteiger charge is -2.60. The summed E-state index contributed by atoms with van der Waals surface area (Å²) in [7, 11) is 0. The zero-order valence-electron chi connectivity index (χ0n) is 17.1. The van der Waals surface area contributed by atoms with E-state index in [1.807, 2.05) is 18.7 Å². The van der Waals surface area contributed by atoms with Crippen molar-refractivity contribution in [1.29, 1.82) is 0 Å². The van der Waals surface area contributed by atoms with Crippen LogP contribution in [0.5, 0.6) is 0 Å². The van der Waals surface area contributed by atoms with Gasteiger partial charge in [0.2, 0.25) is 5.91 Å². The van der Waals surface area contributed by atoms with Gasteiger partial charge >= 0.3 is 0 Å². The monoisotopic (exact) mass is 364 g/mol. The summed E-state index contributed by atoms with van der Waals surface area (Å²) in [4.78, 5) is 21.3. The van der Waals surface area contributed by atoms with E-state index in [4.69, 9.17) is 9.73 Å². The molecule has 3 atom stereocenters. The summed E-state index contributed by atoms with van der Waals surface area (Å²) < 4.78 is 6.03. The Morgan fingerprint density at radius 2 is 1.88 bits per heavy atom. The van der Waals surface area contributed by atoms with Crippen LogP contribution in [0.25, 0.3) is 0 Å². The van der Waals surface area contributed by atoms with Gasteiger partial charge in [-0.15, -0.1) is 0 Å². The van der Waals surface area contributed by atoms with Crippen LogP contribution < -0.4 is 5.32 Å². The third-order valence-electron chi connectivity index (χ3n) is 6.31. The van der Waals surface area contributed by atoms with Gasteiger partial charge in [-0.2, -0.15) is 0 Å². The normalized spacial score (nSPS) is 31.5. The van der Waals surface area contributed by atoms with E-state index in [1.165, 1.54) is 6.42 Å². The molecule has 3 aliphatic rings. The van der Waals surface area contributed by atoms with E-state index in [2.05, 4.69) is 31.0 Å². The first kappa shape index (κ1) is 19.5. The van der Waals surface area contributed by atoms with Gasteiger partial charge < -0.3 is 19.9 Å². The van der Waals surface area contributed by atoms with E-state index < -0.39 is 0 Å². The Hall–Kier alpha value is -1.30. The lowest BCUT2D eigenvalue weighted by molar-refractivity contribution is -0.188. The van der Waals surface area contributed by atoms with Crippen molar-refractivity contribution in [2.24, 2.45) is 22.2 Å². The SMILES string of the molecule is CCN=C(NC1C2CCCOC2C1(C)C)N1CCN(C(=O)C(C)C)CC1. The predicted octanol–water partition coefficient (Wildman–Crippen LogP) is 1.96. The highest BCUT2D eigenvalue weighted by atomic mass is 16.5. The number of aliphatic imine (C=N–C) groups is 1. The molecule has 1 amide bonds. The quantitative estimate of drug-likeness (QED) is 0.614. The summed E-state index contributed by atoms with van der Waals surface area (Å²) in [6.07, 6.45) is 2.77. The number of hydrogen-bond donors (Lipinski definition) is 1. The zero-order chi connectivity index (χ0) is 18.9. The van der Waals surface area contributed by atoms with Crippen LogP contribution in [0.3, 0.4) is 0 Å². The lowest BCUT2D eigenvalue weighted by atomic mass is 9.55. The van der Waals surface area contributed by atoms with E-state index in [-0.39, 0.29) is 17.2 Å². The second-order valence-corrected chi connectivity index (χ2v) is 8.81. The molecule has 1 saturated carbocycles. The molecule has 0 radical (unpaired) electrons. The molecule has 0 spiro atoms. The van der Waals surface area contributed by atoms with Crippen molar-refractivity contribution >= 4 is 11.9 Å². The number of ether oxygens (including phenoxy) is 1. The van der Waals surface area contributed by atoms with Gasteiger partial charge in [0.05, 0.1) is 6.10 Å². The van der Waals surface area contributed by atoms with Crippen molar-refractivity contribution in [3.05, 3.63) is 0 Å². The van der Waals surface area contributed by atoms with Crippen molar-refractivity contribution in [3.63, 3.8) is 0 Å². The van der Waals surface area contributed by atoms with Crippen molar-refractivity contribution in [1.82, 2.24) is 15.1 Å². The van der Waals surface area contributed by atoms with E-state index in [1.54, 1.807) is 0 Å². The summed E-state index contributed by atoms with van der Waals surface area (Å²) in [5, 5.41) is 3.77. The Balaban J connectivity index is 1.62. The molecule has 2 saturated heterocycles. The topological polar surface area (TPSA) is 57.2 Å². The number of nitrogens with zero attached hydrogens (tertiary/aromatic N) is 3. The minimum absolute atomic E-state index is 0.0717. The number of rotatable bonds is 3. The van der Waals surface area contributed by atoms with Crippen LogP contribution in [0.15, 0.2) is 4.99 Å². The van der Waals surface area contributed by atoms with Crippen LogP contribution in [-0.4, -0.2) is 73.1 Å². The Morgan fingerprint density at radius 1 is 1.23 bits per heavy atom. The number of hydrogen-bond acceptors (Lipinski definition) is 3. The van der Waals surface area contributed by atoms with Crippen LogP contribution in [0, 0.1) is 17.3 Å². The highest BCUT2D eigenvalue weighted by Crippen LogP contribution is 2.51. The largest absolute Gasteiger partial charge is 0.377 e. The first-order valence-corrected chi connectivity index (χ1v) is 10.3. The lowest BCUT2D eigenvalue weighted by Crippen LogP contribution is -2.71. The predicted molar refractivity (Wildman–Crippen MR) is 104 cm³/mol. The van der Waals surface area contributed by atoms with Crippen LogP contribution in [0.2, 0.25) is 0 Å². The third kappa shape index (κ3) is 3.57. The van der Waals surface area contributed by atoms with Gasteiger partial charge in [0.1, 0.15) is 0 Å². The van der Waals surface area contributed by atoms with Crippen molar-refractivity contribution in [3.8, 4) is 0 Å². The number of amides is 1. The number of carbonyl (C=O) groups is 1. The standard InChI is InChI=1S/C20H36N4O2/c1-6-21-19(24-11-9-23(10-12-24)18(25)14(2)3)22-16-15-8-7-13-26-17(15)20(16,4)5/h14-17H,6-13H2,1-5H3,(H,21,22). The molecule has 6 nitrogen and oxygen atoms in total.